The zero-order valence-electron chi connectivity index (χ0n) is 8.76. The zero-order chi connectivity index (χ0) is 9.31. The van der Waals surface area contributed by atoms with Crippen molar-refractivity contribution < 1.29 is 0 Å². The van der Waals surface area contributed by atoms with Gasteiger partial charge in [-0.1, -0.05) is 6.42 Å². The van der Waals surface area contributed by atoms with Crippen molar-refractivity contribution in [1.29, 1.82) is 0 Å². The lowest BCUT2D eigenvalue weighted by atomic mass is 9.63. The summed E-state index contributed by atoms with van der Waals surface area (Å²) in [5, 5.41) is 0. The smallest absolute Gasteiger partial charge is 0.0139 e. The third kappa shape index (κ3) is 2.05. The van der Waals surface area contributed by atoms with Crippen LogP contribution in [-0.2, 0) is 0 Å². The summed E-state index contributed by atoms with van der Waals surface area (Å²) in [7, 11) is 0. The van der Waals surface area contributed by atoms with Gasteiger partial charge in [0.15, 0.2) is 0 Å². The van der Waals surface area contributed by atoms with Crippen molar-refractivity contribution in [3.63, 3.8) is 0 Å². The summed E-state index contributed by atoms with van der Waals surface area (Å²) in [4.78, 5) is 2.54. The van der Waals surface area contributed by atoms with E-state index in [2.05, 4.69) is 11.8 Å². The maximum absolute atomic E-state index is 5.80. The zero-order valence-corrected chi connectivity index (χ0v) is 8.76. The number of likely N-dealkylation sites (tertiary alicyclic amines) is 1. The number of nitrogens with zero attached hydrogens (tertiary/aromatic N) is 1. The number of rotatable bonds is 2. The van der Waals surface area contributed by atoms with Crippen LogP contribution in [0.4, 0.5) is 0 Å². The van der Waals surface area contributed by atoms with Crippen LogP contribution in [0.15, 0.2) is 0 Å². The Balaban J connectivity index is 1.76. The minimum absolute atomic E-state index is 0.343. The number of piperidine rings is 1. The highest BCUT2D eigenvalue weighted by molar-refractivity contribution is 4.92. The second-order valence-corrected chi connectivity index (χ2v) is 5.13. The van der Waals surface area contributed by atoms with Crippen LogP contribution in [0, 0.1) is 5.41 Å². The highest BCUT2D eigenvalue weighted by Crippen LogP contribution is 2.48. The van der Waals surface area contributed by atoms with E-state index in [-0.39, 0.29) is 0 Å². The van der Waals surface area contributed by atoms with Crippen molar-refractivity contribution in [3.05, 3.63) is 0 Å². The number of nitrogens with two attached hydrogens (primary N) is 1. The topological polar surface area (TPSA) is 29.3 Å². The highest BCUT2D eigenvalue weighted by Gasteiger charge is 2.39. The number of hydrogen-bond acceptors (Lipinski definition) is 2. The molecule has 1 saturated carbocycles. The summed E-state index contributed by atoms with van der Waals surface area (Å²) in [5.41, 5.74) is 6.58. The van der Waals surface area contributed by atoms with E-state index in [1.165, 1.54) is 45.2 Å². The summed E-state index contributed by atoms with van der Waals surface area (Å²) in [6.45, 7) is 5.78. The first-order valence-electron chi connectivity index (χ1n) is 5.68. The third-order valence-corrected chi connectivity index (χ3v) is 3.88. The Bertz CT molecular complexity index is 163. The molecule has 0 aromatic carbocycles. The van der Waals surface area contributed by atoms with Crippen molar-refractivity contribution in [3.8, 4) is 0 Å². The van der Waals surface area contributed by atoms with Gasteiger partial charge in [-0.05, 0) is 51.1 Å². The second-order valence-electron chi connectivity index (χ2n) is 5.13. The maximum Gasteiger partial charge on any atom is 0.0139 e. The molecule has 1 saturated heterocycles. The van der Waals surface area contributed by atoms with Crippen molar-refractivity contribution >= 4 is 0 Å². The van der Waals surface area contributed by atoms with E-state index in [1.807, 2.05) is 0 Å². The average Bonchev–Trinajstić information content (AvgIpc) is 2.02. The van der Waals surface area contributed by atoms with Crippen LogP contribution in [-0.4, -0.2) is 30.6 Å². The lowest BCUT2D eigenvalue weighted by Gasteiger charge is -2.48. The predicted molar refractivity (Wildman–Crippen MR) is 55.6 cm³/mol. The minimum atomic E-state index is 0.343. The van der Waals surface area contributed by atoms with Gasteiger partial charge in [0.2, 0.25) is 0 Å². The molecule has 76 valence electrons. The van der Waals surface area contributed by atoms with Gasteiger partial charge in [-0.25, -0.2) is 0 Å². The summed E-state index contributed by atoms with van der Waals surface area (Å²) < 4.78 is 0. The van der Waals surface area contributed by atoms with E-state index < -0.39 is 0 Å². The molecule has 0 amide bonds. The number of hydrogen-bond donors (Lipinski definition) is 1. The van der Waals surface area contributed by atoms with Gasteiger partial charge in [-0.3, -0.25) is 0 Å². The van der Waals surface area contributed by atoms with Gasteiger partial charge in [0, 0.05) is 12.6 Å². The molecule has 0 radical (unpaired) electrons. The molecule has 1 aliphatic carbocycles. The van der Waals surface area contributed by atoms with E-state index >= 15 is 0 Å². The Morgan fingerprint density at radius 3 is 2.23 bits per heavy atom. The molecule has 2 nitrogen and oxygen atoms in total. The molecule has 2 heteroatoms. The van der Waals surface area contributed by atoms with Crippen molar-refractivity contribution in [1.82, 2.24) is 4.90 Å². The minimum Gasteiger partial charge on any atom is -0.327 e. The molecule has 0 unspecified atom stereocenters. The fourth-order valence-electron chi connectivity index (χ4n) is 2.79. The molecule has 0 bridgehead atoms. The van der Waals surface area contributed by atoms with Gasteiger partial charge in [0.1, 0.15) is 0 Å². The molecule has 1 aliphatic heterocycles. The van der Waals surface area contributed by atoms with E-state index in [0.29, 0.717) is 6.04 Å². The average molecular weight is 182 g/mol. The van der Waals surface area contributed by atoms with Gasteiger partial charge in [-0.2, -0.15) is 0 Å². The Labute approximate surface area is 81.5 Å². The van der Waals surface area contributed by atoms with Crippen LogP contribution in [0.1, 0.15) is 39.0 Å². The molecule has 0 aromatic heterocycles. The Morgan fingerprint density at radius 2 is 1.85 bits per heavy atom. The standard InChI is InChI=1S/C11H22N2/c1-10(12)9-13-7-5-11(6-8-13)3-2-4-11/h10H,2-9,12H2,1H3/t10-/m1/s1. The molecule has 2 N–H and O–H groups in total. The van der Waals surface area contributed by atoms with Crippen LogP contribution in [0.5, 0.6) is 0 Å². The van der Waals surface area contributed by atoms with Crippen molar-refractivity contribution in [2.45, 2.75) is 45.1 Å². The summed E-state index contributed by atoms with van der Waals surface area (Å²) in [5.74, 6) is 0. The molecule has 13 heavy (non-hydrogen) atoms. The lowest BCUT2D eigenvalue weighted by Crippen LogP contribution is -2.46. The highest BCUT2D eigenvalue weighted by atomic mass is 15.1. The van der Waals surface area contributed by atoms with Crippen molar-refractivity contribution in [2.24, 2.45) is 11.1 Å². The molecule has 2 aliphatic rings. The summed E-state index contributed by atoms with van der Waals surface area (Å²) >= 11 is 0. The predicted octanol–water partition coefficient (Wildman–Crippen LogP) is 1.60. The van der Waals surface area contributed by atoms with Crippen LogP contribution in [0.2, 0.25) is 0 Å². The summed E-state index contributed by atoms with van der Waals surface area (Å²) in [6, 6.07) is 0.343. The van der Waals surface area contributed by atoms with Crippen molar-refractivity contribution in [2.75, 3.05) is 19.6 Å². The fourth-order valence-corrected chi connectivity index (χ4v) is 2.79. The first-order valence-corrected chi connectivity index (χ1v) is 5.68. The van der Waals surface area contributed by atoms with E-state index in [9.17, 15) is 0 Å². The molecule has 0 aromatic rings. The lowest BCUT2D eigenvalue weighted by molar-refractivity contribution is 0.0320. The molecular formula is C11H22N2. The Morgan fingerprint density at radius 1 is 1.23 bits per heavy atom. The molecule has 1 spiro atoms. The summed E-state index contributed by atoms with van der Waals surface area (Å²) in [6.07, 6.45) is 7.34. The van der Waals surface area contributed by atoms with E-state index in [1.54, 1.807) is 0 Å². The molecule has 1 atom stereocenters. The first-order chi connectivity index (χ1) is 6.20. The van der Waals surface area contributed by atoms with E-state index in [4.69, 9.17) is 5.73 Å². The normalized spacial score (nSPS) is 30.0. The Hall–Kier alpha value is -0.0800. The van der Waals surface area contributed by atoms with Gasteiger partial charge >= 0.3 is 0 Å². The third-order valence-electron chi connectivity index (χ3n) is 3.88. The van der Waals surface area contributed by atoms with E-state index in [0.717, 1.165) is 12.0 Å². The molecular weight excluding hydrogens is 160 g/mol. The van der Waals surface area contributed by atoms with Crippen LogP contribution in [0.3, 0.4) is 0 Å². The van der Waals surface area contributed by atoms with Gasteiger partial charge in [-0.15, -0.1) is 0 Å². The van der Waals surface area contributed by atoms with Gasteiger partial charge < -0.3 is 10.6 Å². The molecule has 2 rings (SSSR count). The van der Waals surface area contributed by atoms with Crippen LogP contribution >= 0.6 is 0 Å². The van der Waals surface area contributed by atoms with Gasteiger partial charge in [0.05, 0.1) is 0 Å². The van der Waals surface area contributed by atoms with Crippen LogP contribution in [0.25, 0.3) is 0 Å². The first kappa shape index (κ1) is 9.47. The molecule has 1 heterocycles. The SMILES string of the molecule is C[C@@H](N)CN1CCC2(CCC2)CC1. The largest absolute Gasteiger partial charge is 0.327 e. The monoisotopic (exact) mass is 182 g/mol. The maximum atomic E-state index is 5.80. The Kier molecular flexibility index (Phi) is 2.61. The quantitative estimate of drug-likeness (QED) is 0.703. The van der Waals surface area contributed by atoms with Gasteiger partial charge in [0.25, 0.3) is 0 Å². The fraction of sp³-hybridized carbons (Fsp3) is 1.00. The molecule has 2 fully saturated rings. The van der Waals surface area contributed by atoms with Crippen LogP contribution < -0.4 is 5.73 Å². The second kappa shape index (κ2) is 3.58.